The number of nitrogens with zero attached hydrogens (tertiary/aromatic N) is 1. The van der Waals surface area contributed by atoms with Crippen LogP contribution in [0.2, 0.25) is 0 Å². The predicted molar refractivity (Wildman–Crippen MR) is 73.4 cm³/mol. The Hall–Kier alpha value is -0.830. The van der Waals surface area contributed by atoms with Crippen molar-refractivity contribution in [2.45, 2.75) is 65.5 Å². The molecule has 3 rings (SSSR count). The zero-order valence-corrected chi connectivity index (χ0v) is 11.8. The molecule has 1 fully saturated rings. The summed E-state index contributed by atoms with van der Waals surface area (Å²) in [6.45, 7) is 7.98. The second kappa shape index (κ2) is 4.37. The molecule has 2 N–H and O–H groups in total. The minimum Gasteiger partial charge on any atom is -0.345 e. The third-order valence-corrected chi connectivity index (χ3v) is 4.45. The Morgan fingerprint density at radius 1 is 1.28 bits per heavy atom. The number of hydrogen-bond donors (Lipinski definition) is 2. The number of nitrogens with one attached hydrogen (secondary N) is 2. The van der Waals surface area contributed by atoms with Crippen molar-refractivity contribution in [3.8, 4) is 0 Å². The summed E-state index contributed by atoms with van der Waals surface area (Å²) < 4.78 is 0. The van der Waals surface area contributed by atoms with Gasteiger partial charge >= 0.3 is 0 Å². The van der Waals surface area contributed by atoms with Crippen molar-refractivity contribution >= 4 is 0 Å². The maximum absolute atomic E-state index is 4.75. The van der Waals surface area contributed by atoms with Gasteiger partial charge in [0.1, 0.15) is 5.82 Å². The number of imidazole rings is 1. The van der Waals surface area contributed by atoms with Gasteiger partial charge in [0, 0.05) is 11.7 Å². The highest BCUT2D eigenvalue weighted by atomic mass is 15.0. The molecule has 1 aromatic heterocycles. The topological polar surface area (TPSA) is 40.7 Å². The molecule has 3 heteroatoms. The van der Waals surface area contributed by atoms with Crippen LogP contribution in [0.3, 0.4) is 0 Å². The zero-order chi connectivity index (χ0) is 12.8. The Balaban J connectivity index is 1.67. The molecule has 1 atom stereocenters. The molecule has 100 valence electrons. The van der Waals surface area contributed by atoms with Gasteiger partial charge in [0.25, 0.3) is 0 Å². The van der Waals surface area contributed by atoms with E-state index in [-0.39, 0.29) is 0 Å². The summed E-state index contributed by atoms with van der Waals surface area (Å²) in [6.07, 6.45) is 6.29. The van der Waals surface area contributed by atoms with E-state index in [9.17, 15) is 0 Å². The minimum atomic E-state index is 0.412. The molecule has 3 nitrogen and oxygen atoms in total. The molecule has 1 unspecified atom stereocenters. The van der Waals surface area contributed by atoms with E-state index in [0.29, 0.717) is 5.41 Å². The van der Waals surface area contributed by atoms with E-state index >= 15 is 0 Å². The highest BCUT2D eigenvalue weighted by Crippen LogP contribution is 2.36. The number of aromatic nitrogens is 2. The Labute approximate surface area is 110 Å². The van der Waals surface area contributed by atoms with E-state index < -0.39 is 0 Å². The Morgan fingerprint density at radius 2 is 2.06 bits per heavy atom. The molecular weight excluding hydrogens is 222 g/mol. The van der Waals surface area contributed by atoms with Gasteiger partial charge in [-0.25, -0.2) is 4.98 Å². The van der Waals surface area contributed by atoms with Gasteiger partial charge in [0.05, 0.1) is 12.2 Å². The van der Waals surface area contributed by atoms with Crippen LogP contribution >= 0.6 is 0 Å². The van der Waals surface area contributed by atoms with Crippen LogP contribution in [0.5, 0.6) is 0 Å². The lowest BCUT2D eigenvalue weighted by atomic mass is 9.73. The van der Waals surface area contributed by atoms with E-state index in [4.69, 9.17) is 4.98 Å². The summed E-state index contributed by atoms with van der Waals surface area (Å²) in [5, 5.41) is 3.53. The quantitative estimate of drug-likeness (QED) is 0.862. The lowest BCUT2D eigenvalue weighted by Crippen LogP contribution is -2.26. The molecule has 0 saturated heterocycles. The van der Waals surface area contributed by atoms with Crippen LogP contribution in [0.25, 0.3) is 0 Å². The van der Waals surface area contributed by atoms with E-state index in [0.717, 1.165) is 30.7 Å². The molecule has 0 spiro atoms. The fraction of sp³-hybridized carbons (Fsp3) is 0.800. The molecule has 1 aromatic rings. The summed E-state index contributed by atoms with van der Waals surface area (Å²) in [4.78, 5) is 8.29. The van der Waals surface area contributed by atoms with Gasteiger partial charge in [-0.3, -0.25) is 0 Å². The first-order chi connectivity index (χ1) is 8.52. The van der Waals surface area contributed by atoms with Crippen LogP contribution in [-0.2, 0) is 19.4 Å². The fourth-order valence-electron chi connectivity index (χ4n) is 2.89. The molecule has 0 amide bonds. The third-order valence-electron chi connectivity index (χ3n) is 4.45. The van der Waals surface area contributed by atoms with Crippen LogP contribution in [-0.4, -0.2) is 16.0 Å². The summed E-state index contributed by atoms with van der Waals surface area (Å²) in [6, 6.07) is 0.759. The monoisotopic (exact) mass is 247 g/mol. The fourth-order valence-corrected chi connectivity index (χ4v) is 2.89. The number of H-pyrrole nitrogens is 1. The number of fused-ring (bicyclic) bond motifs is 1. The van der Waals surface area contributed by atoms with Crippen molar-refractivity contribution in [2.75, 3.05) is 0 Å². The Kier molecular flexibility index (Phi) is 2.97. The number of rotatable bonds is 3. The maximum Gasteiger partial charge on any atom is 0.120 e. The van der Waals surface area contributed by atoms with Crippen LogP contribution in [0.4, 0.5) is 0 Å². The van der Waals surface area contributed by atoms with E-state index in [1.54, 1.807) is 0 Å². The van der Waals surface area contributed by atoms with Crippen LogP contribution in [0.1, 0.15) is 57.2 Å². The Morgan fingerprint density at radius 3 is 2.72 bits per heavy atom. The Bertz CT molecular complexity index is 423. The molecule has 0 radical (unpaired) electrons. The van der Waals surface area contributed by atoms with Crippen LogP contribution in [0, 0.1) is 11.3 Å². The predicted octanol–water partition coefficient (Wildman–Crippen LogP) is 2.81. The highest BCUT2D eigenvalue weighted by Gasteiger charge is 2.30. The normalized spacial score (nSPS) is 24.1. The van der Waals surface area contributed by atoms with Gasteiger partial charge in [-0.2, -0.15) is 0 Å². The van der Waals surface area contributed by atoms with Crippen molar-refractivity contribution in [1.82, 2.24) is 15.3 Å². The lowest BCUT2D eigenvalue weighted by Gasteiger charge is -2.33. The molecule has 1 saturated carbocycles. The van der Waals surface area contributed by atoms with Crippen molar-refractivity contribution in [3.63, 3.8) is 0 Å². The first-order valence-corrected chi connectivity index (χ1v) is 7.32. The third kappa shape index (κ3) is 2.61. The second-order valence-electron chi connectivity index (χ2n) is 7.07. The molecule has 0 aliphatic heterocycles. The highest BCUT2D eigenvalue weighted by molar-refractivity contribution is 5.19. The summed E-state index contributed by atoms with van der Waals surface area (Å²) >= 11 is 0. The van der Waals surface area contributed by atoms with Crippen LogP contribution < -0.4 is 5.32 Å². The van der Waals surface area contributed by atoms with Gasteiger partial charge in [0.15, 0.2) is 0 Å². The summed E-state index contributed by atoms with van der Waals surface area (Å²) in [5.41, 5.74) is 3.13. The zero-order valence-electron chi connectivity index (χ0n) is 11.8. The lowest BCUT2D eigenvalue weighted by molar-refractivity contribution is 0.214. The van der Waals surface area contributed by atoms with Crippen LogP contribution in [0.15, 0.2) is 0 Å². The number of aromatic amines is 1. The van der Waals surface area contributed by atoms with Gasteiger partial charge in [-0.1, -0.05) is 20.8 Å². The first-order valence-electron chi connectivity index (χ1n) is 7.32. The van der Waals surface area contributed by atoms with E-state index in [2.05, 4.69) is 31.1 Å². The average Bonchev–Trinajstić information content (AvgIpc) is 3.03. The number of aryl methyl sites for hydroxylation is 1. The largest absolute Gasteiger partial charge is 0.345 e. The maximum atomic E-state index is 4.75. The first kappa shape index (κ1) is 12.2. The summed E-state index contributed by atoms with van der Waals surface area (Å²) in [5.74, 6) is 1.93. The average molecular weight is 247 g/mol. The van der Waals surface area contributed by atoms with Gasteiger partial charge in [-0.05, 0) is 43.4 Å². The molecule has 18 heavy (non-hydrogen) atoms. The molecular formula is C15H25N3. The van der Waals surface area contributed by atoms with Crippen molar-refractivity contribution in [1.29, 1.82) is 0 Å². The molecule has 2 aliphatic rings. The molecule has 0 bridgehead atoms. The molecule has 2 aliphatic carbocycles. The van der Waals surface area contributed by atoms with Crippen molar-refractivity contribution in [2.24, 2.45) is 11.3 Å². The molecule has 1 heterocycles. The minimum absolute atomic E-state index is 0.412. The SMILES string of the molecule is CC(C)(C)C1CCc2nc(CNC3CC3)[nH]c2C1. The standard InChI is InChI=1S/C15H25N3/c1-15(2,3)10-4-7-12-13(8-10)18-14(17-12)9-16-11-5-6-11/h10-11,16H,4-9H2,1-3H3,(H,17,18). The smallest absolute Gasteiger partial charge is 0.120 e. The van der Waals surface area contributed by atoms with Gasteiger partial charge in [0.2, 0.25) is 0 Å². The summed E-state index contributed by atoms with van der Waals surface area (Å²) in [7, 11) is 0. The van der Waals surface area contributed by atoms with Gasteiger partial charge < -0.3 is 10.3 Å². The molecule has 0 aromatic carbocycles. The second-order valence-corrected chi connectivity index (χ2v) is 7.07. The van der Waals surface area contributed by atoms with Crippen molar-refractivity contribution < 1.29 is 0 Å². The number of hydrogen-bond acceptors (Lipinski definition) is 2. The van der Waals surface area contributed by atoms with Gasteiger partial charge in [-0.15, -0.1) is 0 Å². The van der Waals surface area contributed by atoms with E-state index in [1.165, 1.54) is 37.1 Å². The van der Waals surface area contributed by atoms with Crippen molar-refractivity contribution in [3.05, 3.63) is 17.2 Å². The van der Waals surface area contributed by atoms with E-state index in [1.807, 2.05) is 0 Å².